The van der Waals surface area contributed by atoms with E-state index in [1.165, 1.54) is 39.2 Å². The molecule has 4 heteroatoms. The maximum Gasteiger partial charge on any atom is 0.310 e. The molecule has 0 radical (unpaired) electrons. The summed E-state index contributed by atoms with van der Waals surface area (Å²) >= 11 is 0. The van der Waals surface area contributed by atoms with E-state index < -0.39 is 0 Å². The average Bonchev–Trinajstić information content (AvgIpc) is 2.52. The summed E-state index contributed by atoms with van der Waals surface area (Å²) in [4.78, 5) is 25.6. The second-order valence-corrected chi connectivity index (χ2v) is 6.14. The van der Waals surface area contributed by atoms with Gasteiger partial charge in [-0.25, -0.2) is 0 Å². The van der Waals surface area contributed by atoms with Crippen molar-refractivity contribution in [1.29, 1.82) is 0 Å². The van der Waals surface area contributed by atoms with Gasteiger partial charge in [-0.1, -0.05) is 59.3 Å². The molecule has 4 nitrogen and oxygen atoms in total. The molecular formula is C18H35NO3. The van der Waals surface area contributed by atoms with Crippen LogP contribution in [0.4, 0.5) is 0 Å². The van der Waals surface area contributed by atoms with Crippen LogP contribution < -0.4 is 0 Å². The SMILES string of the molecule is CCCCCCCCCC(=O)N(CCC)C[C@H](C)C(=O)OC. The molecule has 0 saturated heterocycles. The third kappa shape index (κ3) is 9.80. The maximum absolute atomic E-state index is 12.3. The highest BCUT2D eigenvalue weighted by atomic mass is 16.5. The number of unbranched alkanes of at least 4 members (excludes halogenated alkanes) is 6. The maximum atomic E-state index is 12.3. The van der Waals surface area contributed by atoms with Crippen LogP contribution in [0.25, 0.3) is 0 Å². The zero-order chi connectivity index (χ0) is 16.8. The van der Waals surface area contributed by atoms with Gasteiger partial charge >= 0.3 is 5.97 Å². The van der Waals surface area contributed by atoms with E-state index in [4.69, 9.17) is 4.74 Å². The van der Waals surface area contributed by atoms with Crippen LogP contribution in [0.3, 0.4) is 0 Å². The summed E-state index contributed by atoms with van der Waals surface area (Å²) in [6, 6.07) is 0. The van der Waals surface area contributed by atoms with Crippen molar-refractivity contribution in [3.8, 4) is 0 Å². The Hall–Kier alpha value is -1.06. The molecule has 0 aliphatic rings. The zero-order valence-corrected chi connectivity index (χ0v) is 15.0. The van der Waals surface area contributed by atoms with Gasteiger partial charge in [0.25, 0.3) is 0 Å². The van der Waals surface area contributed by atoms with Crippen molar-refractivity contribution in [3.05, 3.63) is 0 Å². The molecule has 130 valence electrons. The van der Waals surface area contributed by atoms with Crippen LogP contribution in [0.15, 0.2) is 0 Å². The predicted octanol–water partition coefficient (Wildman–Crippen LogP) is 4.17. The Morgan fingerprint density at radius 3 is 2.09 bits per heavy atom. The first-order chi connectivity index (χ1) is 10.6. The highest BCUT2D eigenvalue weighted by Gasteiger charge is 2.20. The van der Waals surface area contributed by atoms with Gasteiger partial charge < -0.3 is 9.64 Å². The molecule has 0 bridgehead atoms. The van der Waals surface area contributed by atoms with Gasteiger partial charge in [-0.2, -0.15) is 0 Å². The first kappa shape index (κ1) is 20.9. The molecule has 1 atom stereocenters. The summed E-state index contributed by atoms with van der Waals surface area (Å²) in [5.41, 5.74) is 0. The number of hydrogen-bond acceptors (Lipinski definition) is 3. The van der Waals surface area contributed by atoms with Gasteiger partial charge in [0.05, 0.1) is 13.0 Å². The molecular weight excluding hydrogens is 278 g/mol. The fourth-order valence-corrected chi connectivity index (χ4v) is 2.59. The van der Waals surface area contributed by atoms with Crippen LogP contribution in [0.1, 0.15) is 78.6 Å². The standard InChI is InChI=1S/C18H35NO3/c1-5-7-8-9-10-11-12-13-17(20)19(14-6-2)15-16(3)18(21)22-4/h16H,5-15H2,1-4H3/t16-/m0/s1. The van der Waals surface area contributed by atoms with Crippen molar-refractivity contribution in [2.75, 3.05) is 20.2 Å². The van der Waals surface area contributed by atoms with Gasteiger partial charge in [0.2, 0.25) is 5.91 Å². The Kier molecular flexibility index (Phi) is 12.9. The van der Waals surface area contributed by atoms with Crippen LogP contribution in [0, 0.1) is 5.92 Å². The minimum absolute atomic E-state index is 0.172. The van der Waals surface area contributed by atoms with Crippen molar-refractivity contribution >= 4 is 11.9 Å². The molecule has 0 aliphatic heterocycles. The molecule has 0 aromatic rings. The highest BCUT2D eigenvalue weighted by Crippen LogP contribution is 2.11. The smallest absolute Gasteiger partial charge is 0.310 e. The molecule has 0 aliphatic carbocycles. The van der Waals surface area contributed by atoms with E-state index in [0.29, 0.717) is 13.0 Å². The topological polar surface area (TPSA) is 46.6 Å². The van der Waals surface area contributed by atoms with Crippen LogP contribution in [-0.4, -0.2) is 37.0 Å². The first-order valence-corrected chi connectivity index (χ1v) is 8.92. The van der Waals surface area contributed by atoms with Gasteiger partial charge in [-0.3, -0.25) is 9.59 Å². The molecule has 0 rings (SSSR count). The molecule has 0 aromatic carbocycles. The third-order valence-electron chi connectivity index (χ3n) is 3.94. The molecule has 0 unspecified atom stereocenters. The lowest BCUT2D eigenvalue weighted by Gasteiger charge is -2.24. The molecule has 0 spiro atoms. The molecule has 0 fully saturated rings. The number of ether oxygens (including phenoxy) is 1. The monoisotopic (exact) mass is 313 g/mol. The van der Waals surface area contributed by atoms with Gasteiger partial charge in [0.15, 0.2) is 0 Å². The van der Waals surface area contributed by atoms with Crippen LogP contribution >= 0.6 is 0 Å². The van der Waals surface area contributed by atoms with Gasteiger partial charge in [0.1, 0.15) is 0 Å². The van der Waals surface area contributed by atoms with E-state index in [0.717, 1.165) is 25.8 Å². The Morgan fingerprint density at radius 2 is 1.55 bits per heavy atom. The normalized spacial score (nSPS) is 12.0. The number of esters is 1. The zero-order valence-electron chi connectivity index (χ0n) is 15.0. The average molecular weight is 313 g/mol. The number of nitrogens with zero attached hydrogens (tertiary/aromatic N) is 1. The van der Waals surface area contributed by atoms with Crippen LogP contribution in [-0.2, 0) is 14.3 Å². The fourth-order valence-electron chi connectivity index (χ4n) is 2.59. The lowest BCUT2D eigenvalue weighted by atomic mass is 10.1. The van der Waals surface area contributed by atoms with E-state index in [9.17, 15) is 9.59 Å². The number of rotatable bonds is 13. The van der Waals surface area contributed by atoms with Crippen molar-refractivity contribution in [2.24, 2.45) is 5.92 Å². The number of carbonyl (C=O) groups excluding carboxylic acids is 2. The summed E-state index contributed by atoms with van der Waals surface area (Å²) in [5.74, 6) is -0.328. The summed E-state index contributed by atoms with van der Waals surface area (Å²) in [6.45, 7) is 7.27. The third-order valence-corrected chi connectivity index (χ3v) is 3.94. The van der Waals surface area contributed by atoms with Gasteiger partial charge in [-0.15, -0.1) is 0 Å². The van der Waals surface area contributed by atoms with E-state index in [-0.39, 0.29) is 17.8 Å². The quantitative estimate of drug-likeness (QED) is 0.378. The Balaban J connectivity index is 4.01. The summed E-state index contributed by atoms with van der Waals surface area (Å²) in [6.07, 6.45) is 9.98. The van der Waals surface area contributed by atoms with Gasteiger partial charge in [0, 0.05) is 19.5 Å². The molecule has 1 amide bonds. The van der Waals surface area contributed by atoms with Gasteiger partial charge in [-0.05, 0) is 12.8 Å². The van der Waals surface area contributed by atoms with Crippen molar-refractivity contribution in [3.63, 3.8) is 0 Å². The fraction of sp³-hybridized carbons (Fsp3) is 0.889. The number of hydrogen-bond donors (Lipinski definition) is 0. The molecule has 22 heavy (non-hydrogen) atoms. The Labute approximate surface area is 136 Å². The summed E-state index contributed by atoms with van der Waals surface area (Å²) in [5, 5.41) is 0. The number of amides is 1. The second-order valence-electron chi connectivity index (χ2n) is 6.14. The van der Waals surface area contributed by atoms with E-state index in [1.54, 1.807) is 0 Å². The Bertz CT molecular complexity index is 305. The van der Waals surface area contributed by atoms with Crippen molar-refractivity contribution in [2.45, 2.75) is 78.6 Å². The number of carbonyl (C=O) groups is 2. The number of methoxy groups -OCH3 is 1. The van der Waals surface area contributed by atoms with E-state index in [2.05, 4.69) is 13.8 Å². The summed E-state index contributed by atoms with van der Waals surface area (Å²) < 4.78 is 4.74. The highest BCUT2D eigenvalue weighted by molar-refractivity contribution is 5.77. The lowest BCUT2D eigenvalue weighted by Crippen LogP contribution is -2.37. The van der Waals surface area contributed by atoms with Crippen molar-refractivity contribution in [1.82, 2.24) is 4.90 Å². The van der Waals surface area contributed by atoms with Crippen LogP contribution in [0.2, 0.25) is 0 Å². The second kappa shape index (κ2) is 13.6. The summed E-state index contributed by atoms with van der Waals surface area (Å²) in [7, 11) is 1.39. The first-order valence-electron chi connectivity index (χ1n) is 8.92. The predicted molar refractivity (Wildman–Crippen MR) is 90.7 cm³/mol. The molecule has 0 saturated carbocycles. The largest absolute Gasteiger partial charge is 0.469 e. The lowest BCUT2D eigenvalue weighted by molar-refractivity contribution is -0.146. The van der Waals surface area contributed by atoms with E-state index in [1.807, 2.05) is 11.8 Å². The molecule has 0 heterocycles. The Morgan fingerprint density at radius 1 is 0.955 bits per heavy atom. The van der Waals surface area contributed by atoms with Crippen molar-refractivity contribution < 1.29 is 14.3 Å². The molecule has 0 aromatic heterocycles. The van der Waals surface area contributed by atoms with Crippen LogP contribution in [0.5, 0.6) is 0 Å². The minimum Gasteiger partial charge on any atom is -0.469 e. The minimum atomic E-state index is -0.255. The van der Waals surface area contributed by atoms with E-state index >= 15 is 0 Å². The molecule has 0 N–H and O–H groups in total.